The first-order chi connectivity index (χ1) is 13.0. The van der Waals surface area contributed by atoms with Crippen molar-refractivity contribution in [1.82, 2.24) is 20.5 Å². The number of hydrogen-bond donors (Lipinski definition) is 3. The second kappa shape index (κ2) is 9.34. The van der Waals surface area contributed by atoms with Gasteiger partial charge in [-0.05, 0) is 65.8 Å². The first-order valence-corrected chi connectivity index (χ1v) is 9.72. The van der Waals surface area contributed by atoms with Gasteiger partial charge in [-0.15, -0.1) is 0 Å². The summed E-state index contributed by atoms with van der Waals surface area (Å²) in [7, 11) is 0. The van der Waals surface area contributed by atoms with Gasteiger partial charge >= 0.3 is 6.03 Å². The lowest BCUT2D eigenvalue weighted by Crippen LogP contribution is -2.54. The third-order valence-corrected chi connectivity index (χ3v) is 4.76. The number of amides is 4. The molecule has 0 aromatic carbocycles. The number of piperidine rings is 1. The Morgan fingerprint density at radius 2 is 1.86 bits per heavy atom. The van der Waals surface area contributed by atoms with Crippen molar-refractivity contribution >= 4 is 35.3 Å². The fraction of sp³-hybridized carbons (Fsp3) is 0.579. The van der Waals surface area contributed by atoms with E-state index in [2.05, 4.69) is 20.9 Å². The van der Waals surface area contributed by atoms with Gasteiger partial charge in [-0.2, -0.15) is 0 Å². The van der Waals surface area contributed by atoms with Crippen molar-refractivity contribution < 1.29 is 14.4 Å². The van der Waals surface area contributed by atoms with Gasteiger partial charge in [-0.1, -0.05) is 11.6 Å². The molecule has 3 N–H and O–H groups in total. The lowest BCUT2D eigenvalue weighted by molar-refractivity contribution is -0.126. The SMILES string of the molecule is CC(C(=O)NC(=O)NC(C)(C)C)N1CCC(C(=O)Nc2ccc(Cl)cn2)CC1. The van der Waals surface area contributed by atoms with E-state index in [0.717, 1.165) is 0 Å². The average Bonchev–Trinajstić information content (AvgIpc) is 2.61. The number of carbonyl (C=O) groups is 3. The van der Waals surface area contributed by atoms with Gasteiger partial charge in [-0.3, -0.25) is 19.8 Å². The van der Waals surface area contributed by atoms with E-state index in [1.807, 2.05) is 25.7 Å². The molecule has 28 heavy (non-hydrogen) atoms. The maximum absolute atomic E-state index is 12.4. The van der Waals surface area contributed by atoms with Crippen LogP contribution >= 0.6 is 11.6 Å². The zero-order valence-electron chi connectivity index (χ0n) is 16.7. The van der Waals surface area contributed by atoms with Crippen molar-refractivity contribution in [2.45, 2.75) is 52.1 Å². The molecule has 1 aromatic rings. The van der Waals surface area contributed by atoms with Crippen molar-refractivity contribution in [3.8, 4) is 0 Å². The second-order valence-electron chi connectivity index (χ2n) is 8.03. The van der Waals surface area contributed by atoms with Crippen LogP contribution in [0.3, 0.4) is 0 Å². The smallest absolute Gasteiger partial charge is 0.321 e. The number of anilines is 1. The number of halogens is 1. The Balaban J connectivity index is 1.80. The lowest BCUT2D eigenvalue weighted by Gasteiger charge is -2.34. The largest absolute Gasteiger partial charge is 0.333 e. The van der Waals surface area contributed by atoms with Gasteiger partial charge in [0.2, 0.25) is 11.8 Å². The van der Waals surface area contributed by atoms with Crippen LogP contribution in [0.5, 0.6) is 0 Å². The Morgan fingerprint density at radius 1 is 1.21 bits per heavy atom. The normalized spacial score (nSPS) is 16.9. The topological polar surface area (TPSA) is 103 Å². The number of pyridine rings is 1. The van der Waals surface area contributed by atoms with Crippen molar-refractivity contribution in [3.63, 3.8) is 0 Å². The Hall–Kier alpha value is -2.19. The maximum Gasteiger partial charge on any atom is 0.321 e. The quantitative estimate of drug-likeness (QED) is 0.708. The molecule has 4 amide bonds. The molecule has 154 valence electrons. The standard InChI is InChI=1S/C19H28ClN5O3/c1-12(16(26)23-18(28)24-19(2,3)4)25-9-7-13(8-10-25)17(27)22-15-6-5-14(20)11-21-15/h5-6,11-13H,7-10H2,1-4H3,(H,21,22,27)(H2,23,24,26,28). The summed E-state index contributed by atoms with van der Waals surface area (Å²) in [6, 6.07) is 2.37. The van der Waals surface area contributed by atoms with Crippen molar-refractivity contribution in [2.75, 3.05) is 18.4 Å². The fourth-order valence-electron chi connectivity index (χ4n) is 2.98. The maximum atomic E-state index is 12.4. The molecule has 0 spiro atoms. The predicted octanol–water partition coefficient (Wildman–Crippen LogP) is 2.40. The summed E-state index contributed by atoms with van der Waals surface area (Å²) in [5.74, 6) is -0.117. The van der Waals surface area contributed by atoms with Gasteiger partial charge in [0.15, 0.2) is 0 Å². The van der Waals surface area contributed by atoms with Crippen LogP contribution in [-0.2, 0) is 9.59 Å². The molecule has 1 aromatic heterocycles. The summed E-state index contributed by atoms with van der Waals surface area (Å²) in [5, 5.41) is 8.38. The third-order valence-electron chi connectivity index (χ3n) is 4.53. The number of carbonyl (C=O) groups excluding carboxylic acids is 3. The van der Waals surface area contributed by atoms with Crippen molar-refractivity contribution in [3.05, 3.63) is 23.4 Å². The molecule has 0 bridgehead atoms. The monoisotopic (exact) mass is 409 g/mol. The van der Waals surface area contributed by atoms with E-state index in [4.69, 9.17) is 11.6 Å². The van der Waals surface area contributed by atoms with E-state index in [-0.39, 0.29) is 17.7 Å². The molecule has 0 saturated carbocycles. The van der Waals surface area contributed by atoms with E-state index < -0.39 is 17.6 Å². The predicted molar refractivity (Wildman–Crippen MR) is 108 cm³/mol. The highest BCUT2D eigenvalue weighted by atomic mass is 35.5. The van der Waals surface area contributed by atoms with Crippen LogP contribution in [-0.4, -0.2) is 52.4 Å². The molecule has 1 aliphatic heterocycles. The van der Waals surface area contributed by atoms with E-state index in [1.54, 1.807) is 19.1 Å². The van der Waals surface area contributed by atoms with Crippen LogP contribution in [0.25, 0.3) is 0 Å². The first kappa shape index (κ1) is 22.1. The molecule has 1 unspecified atom stereocenters. The first-order valence-electron chi connectivity index (χ1n) is 9.34. The highest BCUT2D eigenvalue weighted by Crippen LogP contribution is 2.21. The fourth-order valence-corrected chi connectivity index (χ4v) is 3.09. The summed E-state index contributed by atoms with van der Waals surface area (Å²) in [6.07, 6.45) is 2.74. The third kappa shape index (κ3) is 6.76. The molecular weight excluding hydrogens is 382 g/mol. The van der Waals surface area contributed by atoms with Crippen LogP contribution in [0, 0.1) is 5.92 Å². The van der Waals surface area contributed by atoms with E-state index in [1.165, 1.54) is 6.20 Å². The minimum Gasteiger partial charge on any atom is -0.333 e. The minimum absolute atomic E-state index is 0.0869. The highest BCUT2D eigenvalue weighted by molar-refractivity contribution is 6.30. The number of likely N-dealkylation sites (tertiary alicyclic amines) is 1. The molecule has 0 aliphatic carbocycles. The summed E-state index contributed by atoms with van der Waals surface area (Å²) >= 11 is 5.79. The minimum atomic E-state index is -0.505. The van der Waals surface area contributed by atoms with Gasteiger partial charge < -0.3 is 10.6 Å². The molecule has 0 radical (unpaired) electrons. The number of imide groups is 1. The lowest BCUT2D eigenvalue weighted by atomic mass is 9.95. The number of urea groups is 1. The van der Waals surface area contributed by atoms with Gasteiger partial charge in [-0.25, -0.2) is 9.78 Å². The molecule has 8 nitrogen and oxygen atoms in total. The number of rotatable bonds is 4. The number of aromatic nitrogens is 1. The summed E-state index contributed by atoms with van der Waals surface area (Å²) in [6.45, 7) is 8.49. The van der Waals surface area contributed by atoms with Gasteiger partial charge in [0, 0.05) is 17.7 Å². The van der Waals surface area contributed by atoms with Crippen LogP contribution in [0.15, 0.2) is 18.3 Å². The summed E-state index contributed by atoms with van der Waals surface area (Å²) in [5.41, 5.74) is -0.418. The molecule has 2 rings (SSSR count). The van der Waals surface area contributed by atoms with Crippen molar-refractivity contribution in [1.29, 1.82) is 0 Å². The molecule has 1 aliphatic rings. The van der Waals surface area contributed by atoms with E-state index in [9.17, 15) is 14.4 Å². The highest BCUT2D eigenvalue weighted by Gasteiger charge is 2.30. The Kier molecular flexibility index (Phi) is 7.37. The Morgan fingerprint density at radius 3 is 2.39 bits per heavy atom. The molecule has 2 heterocycles. The van der Waals surface area contributed by atoms with Crippen LogP contribution in [0.2, 0.25) is 5.02 Å². The van der Waals surface area contributed by atoms with E-state index >= 15 is 0 Å². The molecule has 1 saturated heterocycles. The zero-order valence-corrected chi connectivity index (χ0v) is 17.5. The summed E-state index contributed by atoms with van der Waals surface area (Å²) in [4.78, 5) is 42.6. The van der Waals surface area contributed by atoms with E-state index in [0.29, 0.717) is 36.8 Å². The second-order valence-corrected chi connectivity index (χ2v) is 8.47. The van der Waals surface area contributed by atoms with Gasteiger partial charge in [0.1, 0.15) is 5.82 Å². The molecule has 9 heteroatoms. The van der Waals surface area contributed by atoms with Crippen LogP contribution < -0.4 is 16.0 Å². The van der Waals surface area contributed by atoms with Crippen molar-refractivity contribution in [2.24, 2.45) is 5.92 Å². The van der Waals surface area contributed by atoms with Gasteiger partial charge in [0.05, 0.1) is 11.1 Å². The Bertz CT molecular complexity index is 709. The van der Waals surface area contributed by atoms with Crippen LogP contribution in [0.1, 0.15) is 40.5 Å². The summed E-state index contributed by atoms with van der Waals surface area (Å²) < 4.78 is 0. The Labute approximate surface area is 170 Å². The molecular formula is C19H28ClN5O3. The van der Waals surface area contributed by atoms with Crippen LogP contribution in [0.4, 0.5) is 10.6 Å². The number of nitrogens with one attached hydrogen (secondary N) is 3. The van der Waals surface area contributed by atoms with Gasteiger partial charge in [0.25, 0.3) is 0 Å². The average molecular weight is 410 g/mol. The number of hydrogen-bond acceptors (Lipinski definition) is 5. The molecule has 1 fully saturated rings. The number of nitrogens with zero attached hydrogens (tertiary/aromatic N) is 2. The molecule has 1 atom stereocenters. The zero-order chi connectivity index (χ0) is 20.9.